The zero-order chi connectivity index (χ0) is 23.5. The highest BCUT2D eigenvalue weighted by atomic mass is 16.1. The second kappa shape index (κ2) is 9.75. The number of rotatable bonds is 8. The Morgan fingerprint density at radius 2 is 2.00 bits per heavy atom. The molecule has 4 heterocycles. The van der Waals surface area contributed by atoms with Crippen molar-refractivity contribution < 1.29 is 4.79 Å². The van der Waals surface area contributed by atoms with Crippen LogP contribution in [0.4, 0.5) is 5.82 Å². The van der Waals surface area contributed by atoms with Crippen LogP contribution in [0.25, 0.3) is 22.0 Å². The number of nitrogens with zero attached hydrogens (tertiary/aromatic N) is 4. The summed E-state index contributed by atoms with van der Waals surface area (Å²) in [6.45, 7) is 4.54. The summed E-state index contributed by atoms with van der Waals surface area (Å²) >= 11 is 0. The van der Waals surface area contributed by atoms with E-state index in [0.717, 1.165) is 55.0 Å². The average Bonchev–Trinajstić information content (AvgIpc) is 3.28. The number of carbonyl (C=O) groups is 1. The lowest BCUT2D eigenvalue weighted by molar-refractivity contribution is 0.0992. The smallest absolute Gasteiger partial charge is 0.169 e. The number of likely N-dealkylation sites (N-methyl/N-ethyl adjacent to an activating group) is 1. The predicted octanol–water partition coefficient (Wildman–Crippen LogP) is 3.60. The molecule has 34 heavy (non-hydrogen) atoms. The van der Waals surface area contributed by atoms with Gasteiger partial charge in [-0.1, -0.05) is 12.1 Å². The molecule has 1 aromatic carbocycles. The van der Waals surface area contributed by atoms with Gasteiger partial charge in [-0.25, -0.2) is 4.98 Å². The van der Waals surface area contributed by atoms with E-state index >= 15 is 0 Å². The zero-order valence-electron chi connectivity index (χ0n) is 19.7. The predicted molar refractivity (Wildman–Crippen MR) is 136 cm³/mol. The molecule has 7 nitrogen and oxygen atoms in total. The number of hydrogen-bond acceptors (Lipinski definition) is 6. The molecule has 1 aliphatic rings. The Hall–Kier alpha value is -3.55. The topological polar surface area (TPSA) is 75.1 Å². The van der Waals surface area contributed by atoms with Crippen LogP contribution in [0.1, 0.15) is 21.7 Å². The van der Waals surface area contributed by atoms with Crippen LogP contribution >= 0.6 is 0 Å². The summed E-state index contributed by atoms with van der Waals surface area (Å²) in [7, 11) is 4.05. The maximum Gasteiger partial charge on any atom is 0.169 e. The van der Waals surface area contributed by atoms with Gasteiger partial charge in [-0.2, -0.15) is 0 Å². The minimum atomic E-state index is 0.0363. The van der Waals surface area contributed by atoms with E-state index in [1.807, 2.05) is 32.4 Å². The highest BCUT2D eigenvalue weighted by Crippen LogP contribution is 2.28. The van der Waals surface area contributed by atoms with Crippen LogP contribution in [0.2, 0.25) is 0 Å². The number of nitrogens with one attached hydrogen (secondary N) is 2. The second-order valence-corrected chi connectivity index (χ2v) is 9.04. The van der Waals surface area contributed by atoms with Gasteiger partial charge in [0.2, 0.25) is 0 Å². The molecule has 4 aromatic rings. The summed E-state index contributed by atoms with van der Waals surface area (Å²) in [4.78, 5) is 24.0. The molecule has 0 unspecified atom stereocenters. The molecular formula is C27H30N6O. The molecule has 0 spiro atoms. The standard InChI is InChI=1S/C27H30N6O/c1-32(2)11-10-30-27-15-20(7-8-29-27)26(34)16-23-14-22-13-19(3-4-21(22)17-31-23)25-6-5-24-18-28-9-12-33(24)25/h3-8,13-15,17,28H,9-12,16,18H2,1-2H3,(H,29,30). The number of carbonyl (C=O) groups excluding carboxylic acids is 1. The molecule has 3 aromatic heterocycles. The van der Waals surface area contributed by atoms with E-state index in [1.54, 1.807) is 12.3 Å². The minimum absolute atomic E-state index is 0.0363. The van der Waals surface area contributed by atoms with E-state index < -0.39 is 0 Å². The number of anilines is 1. The number of hydrogen-bond donors (Lipinski definition) is 2. The highest BCUT2D eigenvalue weighted by Gasteiger charge is 2.14. The van der Waals surface area contributed by atoms with Gasteiger partial charge >= 0.3 is 0 Å². The number of aromatic nitrogens is 3. The highest BCUT2D eigenvalue weighted by molar-refractivity contribution is 5.98. The van der Waals surface area contributed by atoms with Crippen molar-refractivity contribution in [3.63, 3.8) is 0 Å². The van der Waals surface area contributed by atoms with Gasteiger partial charge < -0.3 is 20.1 Å². The fourth-order valence-electron chi connectivity index (χ4n) is 4.40. The lowest BCUT2D eigenvalue weighted by Gasteiger charge is -2.19. The summed E-state index contributed by atoms with van der Waals surface area (Å²) in [5.74, 6) is 0.753. The molecule has 7 heteroatoms. The quantitative estimate of drug-likeness (QED) is 0.396. The Labute approximate surface area is 199 Å². The molecule has 0 amide bonds. The van der Waals surface area contributed by atoms with Gasteiger partial charge in [0.1, 0.15) is 5.82 Å². The van der Waals surface area contributed by atoms with Crippen molar-refractivity contribution in [1.29, 1.82) is 0 Å². The lowest BCUT2D eigenvalue weighted by atomic mass is 10.0. The summed E-state index contributed by atoms with van der Waals surface area (Å²) < 4.78 is 2.39. The van der Waals surface area contributed by atoms with Crippen LogP contribution in [0, 0.1) is 0 Å². The Balaban J connectivity index is 1.34. The maximum atomic E-state index is 13.0. The molecule has 0 radical (unpaired) electrons. The fourth-order valence-corrected chi connectivity index (χ4v) is 4.40. The number of ketones is 1. The third kappa shape index (κ3) is 4.85. The van der Waals surface area contributed by atoms with Gasteiger partial charge in [0, 0.05) is 73.1 Å². The van der Waals surface area contributed by atoms with Crippen molar-refractivity contribution in [3.05, 3.63) is 77.9 Å². The van der Waals surface area contributed by atoms with Crippen LogP contribution in [-0.2, 0) is 19.5 Å². The van der Waals surface area contributed by atoms with Crippen LogP contribution in [-0.4, -0.2) is 58.9 Å². The van der Waals surface area contributed by atoms with Crippen molar-refractivity contribution in [2.75, 3.05) is 39.0 Å². The van der Waals surface area contributed by atoms with E-state index in [1.165, 1.54) is 17.0 Å². The Morgan fingerprint density at radius 3 is 2.88 bits per heavy atom. The van der Waals surface area contributed by atoms with Gasteiger partial charge in [0.05, 0.1) is 6.42 Å². The molecule has 0 fully saturated rings. The van der Waals surface area contributed by atoms with Gasteiger partial charge in [0.15, 0.2) is 5.78 Å². The van der Waals surface area contributed by atoms with Crippen LogP contribution in [0.3, 0.4) is 0 Å². The van der Waals surface area contributed by atoms with E-state index in [-0.39, 0.29) is 12.2 Å². The molecule has 0 aliphatic carbocycles. The Kier molecular flexibility index (Phi) is 6.38. The molecule has 0 saturated heterocycles. The van der Waals surface area contributed by atoms with E-state index in [9.17, 15) is 4.79 Å². The largest absolute Gasteiger partial charge is 0.369 e. The Morgan fingerprint density at radius 1 is 1.09 bits per heavy atom. The van der Waals surface area contributed by atoms with Crippen LogP contribution in [0.5, 0.6) is 0 Å². The molecule has 0 saturated carbocycles. The third-order valence-electron chi connectivity index (χ3n) is 6.25. The van der Waals surface area contributed by atoms with Gasteiger partial charge in [-0.3, -0.25) is 9.78 Å². The molecule has 5 rings (SSSR count). The van der Waals surface area contributed by atoms with Crippen molar-refractivity contribution in [2.45, 2.75) is 19.5 Å². The zero-order valence-corrected chi connectivity index (χ0v) is 19.7. The van der Waals surface area contributed by atoms with E-state index in [2.05, 4.69) is 60.4 Å². The number of pyridine rings is 2. The van der Waals surface area contributed by atoms with Crippen LogP contribution < -0.4 is 10.6 Å². The van der Waals surface area contributed by atoms with Crippen molar-refractivity contribution in [3.8, 4) is 11.3 Å². The van der Waals surface area contributed by atoms with Crippen molar-refractivity contribution >= 4 is 22.4 Å². The maximum absolute atomic E-state index is 13.0. The first-order chi connectivity index (χ1) is 16.6. The molecular weight excluding hydrogens is 424 g/mol. The fraction of sp³-hybridized carbons (Fsp3) is 0.296. The first-order valence-corrected chi connectivity index (χ1v) is 11.7. The first kappa shape index (κ1) is 22.3. The van der Waals surface area contributed by atoms with Crippen molar-refractivity contribution in [1.82, 2.24) is 24.8 Å². The van der Waals surface area contributed by atoms with E-state index in [0.29, 0.717) is 5.56 Å². The van der Waals surface area contributed by atoms with Crippen molar-refractivity contribution in [2.24, 2.45) is 0 Å². The molecule has 0 bridgehead atoms. The minimum Gasteiger partial charge on any atom is -0.369 e. The van der Waals surface area contributed by atoms with Gasteiger partial charge in [-0.15, -0.1) is 0 Å². The summed E-state index contributed by atoms with van der Waals surface area (Å²) in [6, 6.07) is 16.5. The normalized spacial score (nSPS) is 13.3. The summed E-state index contributed by atoms with van der Waals surface area (Å²) in [5.41, 5.74) is 5.15. The molecule has 2 N–H and O–H groups in total. The van der Waals surface area contributed by atoms with Crippen LogP contribution in [0.15, 0.2) is 60.9 Å². The second-order valence-electron chi connectivity index (χ2n) is 9.04. The molecule has 0 atom stereocenters. The van der Waals surface area contributed by atoms with Gasteiger partial charge in [0.25, 0.3) is 0 Å². The third-order valence-corrected chi connectivity index (χ3v) is 6.25. The lowest BCUT2D eigenvalue weighted by Crippen LogP contribution is -2.27. The average molecular weight is 455 g/mol. The number of Topliss-reactive ketones (excluding diaryl/α,β-unsaturated/α-hetero) is 1. The molecule has 174 valence electrons. The van der Waals surface area contributed by atoms with Gasteiger partial charge in [-0.05, 0) is 61.4 Å². The number of benzene rings is 1. The Bertz CT molecular complexity index is 1330. The monoisotopic (exact) mass is 454 g/mol. The SMILES string of the molecule is CN(C)CCNc1cc(C(=O)Cc2cc3cc(-c4ccc5n4CCNC5)ccc3cn2)ccn1. The molecule has 1 aliphatic heterocycles. The summed E-state index contributed by atoms with van der Waals surface area (Å²) in [5, 5.41) is 8.87. The summed E-state index contributed by atoms with van der Waals surface area (Å²) in [6.07, 6.45) is 3.80. The van der Waals surface area contributed by atoms with E-state index in [4.69, 9.17) is 0 Å². The first-order valence-electron chi connectivity index (χ1n) is 11.7. The number of fused-ring (bicyclic) bond motifs is 2.